The number of ether oxygens (including phenoxy) is 3. The first-order valence-corrected chi connectivity index (χ1v) is 8.76. The van der Waals surface area contributed by atoms with Crippen molar-refractivity contribution in [3.05, 3.63) is 66.2 Å². The van der Waals surface area contributed by atoms with Crippen LogP contribution >= 0.6 is 0 Å². The van der Waals surface area contributed by atoms with Crippen LogP contribution in [0.25, 0.3) is 0 Å². The van der Waals surface area contributed by atoms with Gasteiger partial charge in [-0.25, -0.2) is 15.1 Å². The zero-order valence-corrected chi connectivity index (χ0v) is 15.8. The van der Waals surface area contributed by atoms with E-state index in [1.54, 1.807) is 68.6 Å². The summed E-state index contributed by atoms with van der Waals surface area (Å²) in [6.45, 7) is 2.43. The highest BCUT2D eigenvalue weighted by Crippen LogP contribution is 2.16. The van der Waals surface area contributed by atoms with E-state index >= 15 is 0 Å². The first kappa shape index (κ1) is 20.8. The largest absolute Gasteiger partial charge is 0.497 e. The van der Waals surface area contributed by atoms with Crippen LogP contribution < -0.4 is 15.0 Å². The minimum atomic E-state index is -0.516. The van der Waals surface area contributed by atoms with Crippen molar-refractivity contribution < 1.29 is 28.6 Å². The van der Waals surface area contributed by atoms with Crippen LogP contribution in [0.5, 0.6) is 11.5 Å². The Morgan fingerprint density at radius 1 is 0.964 bits per heavy atom. The van der Waals surface area contributed by atoms with Crippen molar-refractivity contribution >= 4 is 17.6 Å². The summed E-state index contributed by atoms with van der Waals surface area (Å²) >= 11 is 0. The van der Waals surface area contributed by atoms with E-state index in [1.807, 2.05) is 0 Å². The first-order chi connectivity index (χ1) is 13.6. The summed E-state index contributed by atoms with van der Waals surface area (Å²) < 4.78 is 15.6. The molecule has 0 spiro atoms. The van der Waals surface area contributed by atoms with Gasteiger partial charge in [-0.3, -0.25) is 0 Å². The molecule has 0 unspecified atom stereocenters. The molecule has 7 heteroatoms. The van der Waals surface area contributed by atoms with Crippen molar-refractivity contribution in [3.63, 3.8) is 0 Å². The Morgan fingerprint density at radius 2 is 1.64 bits per heavy atom. The molecule has 7 nitrogen and oxygen atoms in total. The molecule has 2 aromatic rings. The summed E-state index contributed by atoms with van der Waals surface area (Å²) in [7, 11) is 1.58. The smallest absolute Gasteiger partial charge is 0.362 e. The van der Waals surface area contributed by atoms with Crippen LogP contribution in [0.2, 0.25) is 0 Å². The fraction of sp³-hybridized carbons (Fsp3) is 0.238. The van der Waals surface area contributed by atoms with E-state index < -0.39 is 5.97 Å². The van der Waals surface area contributed by atoms with Gasteiger partial charge in [0.05, 0.1) is 31.6 Å². The molecule has 2 aromatic carbocycles. The molecule has 0 aliphatic heterocycles. The average Bonchev–Trinajstić information content (AvgIpc) is 2.73. The Bertz CT molecular complexity index is 784. The summed E-state index contributed by atoms with van der Waals surface area (Å²) in [5, 5.41) is 0. The lowest BCUT2D eigenvalue weighted by atomic mass is 10.2. The summed E-state index contributed by atoms with van der Waals surface area (Å²) in [6.07, 6.45) is 3.55. The molecular formula is C21H23NO6. The molecule has 0 heterocycles. The van der Waals surface area contributed by atoms with E-state index in [1.165, 1.54) is 6.08 Å². The maximum absolute atomic E-state index is 12.1. The molecule has 0 radical (unpaired) electrons. The van der Waals surface area contributed by atoms with Gasteiger partial charge in [0, 0.05) is 12.5 Å². The number of nitrogens with one attached hydrogen (secondary N) is 1. The standard InChI is InChI=1S/C21H23NO6/c1-3-5-20(23)27-15-4-14-26-19-10-6-16(7-11-19)21(24)28-22-17-8-12-18(25-2)13-9-17/h3,5-13,22H,4,14-15H2,1-2H3. The Morgan fingerprint density at radius 3 is 2.29 bits per heavy atom. The van der Waals surface area contributed by atoms with Gasteiger partial charge in [-0.1, -0.05) is 6.08 Å². The lowest BCUT2D eigenvalue weighted by Crippen LogP contribution is -2.11. The normalized spacial score (nSPS) is 10.4. The SMILES string of the molecule is CC=CC(=O)OCCCOc1ccc(C(=O)ONc2ccc(OC)cc2)cc1. The van der Waals surface area contributed by atoms with Crippen LogP contribution in [-0.4, -0.2) is 32.3 Å². The number of hydrogen-bond acceptors (Lipinski definition) is 7. The molecule has 0 aromatic heterocycles. The number of benzene rings is 2. The van der Waals surface area contributed by atoms with Gasteiger partial charge in [-0.05, 0) is 55.5 Å². The molecular weight excluding hydrogens is 362 g/mol. The molecule has 1 N–H and O–H groups in total. The van der Waals surface area contributed by atoms with Gasteiger partial charge in [0.15, 0.2) is 0 Å². The zero-order valence-electron chi connectivity index (χ0n) is 15.8. The van der Waals surface area contributed by atoms with E-state index in [0.29, 0.717) is 35.8 Å². The van der Waals surface area contributed by atoms with Crippen molar-refractivity contribution in [2.24, 2.45) is 0 Å². The number of allylic oxidation sites excluding steroid dienone is 1. The zero-order chi connectivity index (χ0) is 20.2. The Labute approximate surface area is 163 Å². The Kier molecular flexibility index (Phi) is 8.39. The molecule has 0 aliphatic carbocycles. The summed E-state index contributed by atoms with van der Waals surface area (Å²) in [6, 6.07) is 13.6. The summed E-state index contributed by atoms with van der Waals surface area (Å²) in [4.78, 5) is 28.3. The molecule has 2 rings (SSSR count). The molecule has 0 saturated carbocycles. The molecule has 0 aliphatic rings. The van der Waals surface area contributed by atoms with Gasteiger partial charge in [-0.15, -0.1) is 0 Å². The fourth-order valence-corrected chi connectivity index (χ4v) is 2.12. The van der Waals surface area contributed by atoms with Gasteiger partial charge >= 0.3 is 11.9 Å². The van der Waals surface area contributed by atoms with E-state index in [2.05, 4.69) is 5.48 Å². The predicted octanol–water partition coefficient (Wildman–Crippen LogP) is 3.77. The number of anilines is 1. The van der Waals surface area contributed by atoms with Gasteiger partial charge in [0.25, 0.3) is 0 Å². The third-order valence-electron chi connectivity index (χ3n) is 3.55. The van der Waals surface area contributed by atoms with Gasteiger partial charge in [-0.2, -0.15) is 0 Å². The second-order valence-corrected chi connectivity index (χ2v) is 5.61. The lowest BCUT2D eigenvalue weighted by Gasteiger charge is -2.09. The van der Waals surface area contributed by atoms with E-state index in [4.69, 9.17) is 19.0 Å². The van der Waals surface area contributed by atoms with Gasteiger partial charge in [0.1, 0.15) is 11.5 Å². The predicted molar refractivity (Wildman–Crippen MR) is 104 cm³/mol. The van der Waals surface area contributed by atoms with Crippen molar-refractivity contribution in [1.82, 2.24) is 0 Å². The first-order valence-electron chi connectivity index (χ1n) is 8.76. The number of carbonyl (C=O) groups is 2. The van der Waals surface area contributed by atoms with Crippen LogP contribution in [-0.2, 0) is 14.4 Å². The van der Waals surface area contributed by atoms with Crippen molar-refractivity contribution in [1.29, 1.82) is 0 Å². The number of methoxy groups -OCH3 is 1. The molecule has 0 amide bonds. The van der Waals surface area contributed by atoms with Gasteiger partial charge < -0.3 is 19.0 Å². The highest BCUT2D eigenvalue weighted by atomic mass is 16.7. The van der Waals surface area contributed by atoms with Crippen LogP contribution in [0.1, 0.15) is 23.7 Å². The van der Waals surface area contributed by atoms with Gasteiger partial charge in [0.2, 0.25) is 0 Å². The molecule has 28 heavy (non-hydrogen) atoms. The lowest BCUT2D eigenvalue weighted by molar-refractivity contribution is -0.137. The van der Waals surface area contributed by atoms with Crippen LogP contribution in [0.3, 0.4) is 0 Å². The molecule has 0 bridgehead atoms. The second-order valence-electron chi connectivity index (χ2n) is 5.61. The highest BCUT2D eigenvalue weighted by molar-refractivity contribution is 5.90. The number of esters is 1. The van der Waals surface area contributed by atoms with Crippen molar-refractivity contribution in [2.75, 3.05) is 25.8 Å². The number of carbonyl (C=O) groups excluding carboxylic acids is 2. The van der Waals surface area contributed by atoms with Crippen LogP contribution in [0.15, 0.2) is 60.7 Å². The Balaban J connectivity index is 1.71. The van der Waals surface area contributed by atoms with E-state index in [-0.39, 0.29) is 12.6 Å². The number of rotatable bonds is 10. The minimum Gasteiger partial charge on any atom is -0.497 e. The molecule has 0 saturated heterocycles. The van der Waals surface area contributed by atoms with Crippen molar-refractivity contribution in [2.45, 2.75) is 13.3 Å². The summed E-state index contributed by atoms with van der Waals surface area (Å²) in [5.74, 6) is 0.440. The maximum Gasteiger partial charge on any atom is 0.362 e. The topological polar surface area (TPSA) is 83.1 Å². The fourth-order valence-electron chi connectivity index (χ4n) is 2.12. The molecule has 148 valence electrons. The summed E-state index contributed by atoms with van der Waals surface area (Å²) in [5.41, 5.74) is 3.60. The molecule has 0 atom stereocenters. The average molecular weight is 385 g/mol. The van der Waals surface area contributed by atoms with Crippen LogP contribution in [0.4, 0.5) is 5.69 Å². The Hall–Kier alpha value is -3.48. The van der Waals surface area contributed by atoms with E-state index in [0.717, 1.165) is 0 Å². The third-order valence-corrected chi connectivity index (χ3v) is 3.55. The number of hydrogen-bond donors (Lipinski definition) is 1. The van der Waals surface area contributed by atoms with Crippen molar-refractivity contribution in [3.8, 4) is 11.5 Å². The van der Waals surface area contributed by atoms with Crippen LogP contribution in [0, 0.1) is 0 Å². The third kappa shape index (κ3) is 7.03. The highest BCUT2D eigenvalue weighted by Gasteiger charge is 2.08. The molecule has 0 fully saturated rings. The second kappa shape index (κ2) is 11.3. The quantitative estimate of drug-likeness (QED) is 0.288. The maximum atomic E-state index is 12.1. The van der Waals surface area contributed by atoms with E-state index in [9.17, 15) is 9.59 Å². The minimum absolute atomic E-state index is 0.282. The monoisotopic (exact) mass is 385 g/mol.